The second kappa shape index (κ2) is 5.61. The van der Waals surface area contributed by atoms with Gasteiger partial charge < -0.3 is 14.7 Å². The molecule has 2 heterocycles. The number of imidazole rings is 1. The van der Waals surface area contributed by atoms with Crippen molar-refractivity contribution in [3.05, 3.63) is 66.1 Å². The first kappa shape index (κ1) is 13.6. The predicted octanol–water partition coefficient (Wildman–Crippen LogP) is 4.14. The zero-order chi connectivity index (χ0) is 15.6. The lowest BCUT2D eigenvalue weighted by Crippen LogP contribution is -2.01. The molecule has 0 bridgehead atoms. The first-order valence-electron chi connectivity index (χ1n) is 7.48. The average Bonchev–Trinajstić information content (AvgIpc) is 3.20. The van der Waals surface area contributed by atoms with E-state index in [1.807, 2.05) is 48.5 Å². The molecule has 5 heteroatoms. The van der Waals surface area contributed by atoms with E-state index in [2.05, 4.69) is 27.2 Å². The molecule has 0 atom stereocenters. The van der Waals surface area contributed by atoms with Crippen LogP contribution in [0.5, 0.6) is 0 Å². The van der Waals surface area contributed by atoms with Gasteiger partial charge >= 0.3 is 0 Å². The quantitative estimate of drug-likeness (QED) is 0.594. The van der Waals surface area contributed by atoms with Crippen molar-refractivity contribution in [1.82, 2.24) is 15.0 Å². The molecule has 2 aromatic heterocycles. The number of H-pyrrole nitrogens is 1. The lowest BCUT2D eigenvalue weighted by atomic mass is 10.1. The molecule has 0 spiro atoms. The fourth-order valence-electron chi connectivity index (χ4n) is 2.43. The summed E-state index contributed by atoms with van der Waals surface area (Å²) in [4.78, 5) is 12.2. The molecule has 0 aliphatic rings. The number of aromatic nitrogens is 3. The van der Waals surface area contributed by atoms with Crippen molar-refractivity contribution in [3.8, 4) is 11.5 Å². The molecule has 0 saturated heterocycles. The predicted molar refractivity (Wildman–Crippen MR) is 90.1 cm³/mol. The van der Waals surface area contributed by atoms with Crippen LogP contribution in [0.15, 0.2) is 59.2 Å². The average molecular weight is 304 g/mol. The van der Waals surface area contributed by atoms with Gasteiger partial charge in [-0.15, -0.1) is 0 Å². The van der Waals surface area contributed by atoms with Crippen LogP contribution in [0.4, 0.5) is 5.95 Å². The molecule has 0 aliphatic heterocycles. The van der Waals surface area contributed by atoms with Gasteiger partial charge in [-0.2, -0.15) is 0 Å². The lowest BCUT2D eigenvalue weighted by molar-refractivity contribution is 0.573. The smallest absolute Gasteiger partial charge is 0.226 e. The highest BCUT2D eigenvalue weighted by atomic mass is 16.3. The number of anilines is 1. The van der Waals surface area contributed by atoms with Gasteiger partial charge in [0, 0.05) is 5.56 Å². The lowest BCUT2D eigenvalue weighted by Gasteiger charge is -1.98. The zero-order valence-electron chi connectivity index (χ0n) is 12.7. The maximum Gasteiger partial charge on any atom is 0.226 e. The molecule has 0 aliphatic carbocycles. The summed E-state index contributed by atoms with van der Waals surface area (Å²) in [6.45, 7) is 2.61. The van der Waals surface area contributed by atoms with Crippen LogP contribution in [-0.2, 0) is 6.54 Å². The molecule has 114 valence electrons. The van der Waals surface area contributed by atoms with Crippen LogP contribution in [0.1, 0.15) is 11.3 Å². The summed E-state index contributed by atoms with van der Waals surface area (Å²) < 4.78 is 5.56. The molecule has 23 heavy (non-hydrogen) atoms. The van der Waals surface area contributed by atoms with Crippen molar-refractivity contribution in [1.29, 1.82) is 0 Å². The van der Waals surface area contributed by atoms with E-state index in [-0.39, 0.29) is 0 Å². The van der Waals surface area contributed by atoms with Crippen LogP contribution in [0, 0.1) is 6.92 Å². The van der Waals surface area contributed by atoms with Crippen LogP contribution in [0.25, 0.3) is 22.5 Å². The third-order valence-corrected chi connectivity index (χ3v) is 3.68. The number of fused-ring (bicyclic) bond motifs is 1. The Morgan fingerprint density at radius 1 is 1.04 bits per heavy atom. The van der Waals surface area contributed by atoms with Gasteiger partial charge in [-0.1, -0.05) is 29.8 Å². The van der Waals surface area contributed by atoms with Crippen molar-refractivity contribution in [2.75, 3.05) is 5.32 Å². The molecule has 5 nitrogen and oxygen atoms in total. The second-order valence-corrected chi connectivity index (χ2v) is 5.47. The van der Waals surface area contributed by atoms with Gasteiger partial charge in [0.05, 0.1) is 23.3 Å². The molecule has 4 rings (SSSR count). The first-order valence-corrected chi connectivity index (χ1v) is 7.48. The van der Waals surface area contributed by atoms with Gasteiger partial charge in [0.15, 0.2) is 0 Å². The number of nitrogens with one attached hydrogen (secondary N) is 2. The van der Waals surface area contributed by atoms with Crippen LogP contribution in [0.2, 0.25) is 0 Å². The van der Waals surface area contributed by atoms with Crippen LogP contribution >= 0.6 is 0 Å². The Kier molecular flexibility index (Phi) is 3.31. The van der Waals surface area contributed by atoms with E-state index in [1.165, 1.54) is 5.56 Å². The minimum Gasteiger partial charge on any atom is -0.444 e. The molecule has 2 aromatic carbocycles. The largest absolute Gasteiger partial charge is 0.444 e. The van der Waals surface area contributed by atoms with Crippen LogP contribution in [0.3, 0.4) is 0 Å². The van der Waals surface area contributed by atoms with Crippen molar-refractivity contribution in [2.24, 2.45) is 0 Å². The van der Waals surface area contributed by atoms with E-state index in [4.69, 9.17) is 4.42 Å². The third kappa shape index (κ3) is 2.81. The fraction of sp³-hybridized carbons (Fsp3) is 0.111. The number of aryl methyl sites for hydroxylation is 1. The SMILES string of the molecule is Cc1ccc(-c2nc(CNc3nc4ccccc4[nH]3)co2)cc1. The molecular weight excluding hydrogens is 288 g/mol. The Morgan fingerprint density at radius 3 is 2.70 bits per heavy atom. The van der Waals surface area contributed by atoms with Gasteiger partial charge in [-0.25, -0.2) is 9.97 Å². The normalized spacial score (nSPS) is 11.0. The number of benzene rings is 2. The van der Waals surface area contributed by atoms with Gasteiger partial charge in [0.1, 0.15) is 6.26 Å². The number of rotatable bonds is 4. The molecule has 4 aromatic rings. The zero-order valence-corrected chi connectivity index (χ0v) is 12.7. The van der Waals surface area contributed by atoms with Gasteiger partial charge in [-0.3, -0.25) is 0 Å². The highest BCUT2D eigenvalue weighted by molar-refractivity contribution is 5.77. The minimum atomic E-state index is 0.551. The monoisotopic (exact) mass is 304 g/mol. The number of oxazole rings is 1. The summed E-state index contributed by atoms with van der Waals surface area (Å²) in [5.41, 5.74) is 4.98. The van der Waals surface area contributed by atoms with E-state index in [9.17, 15) is 0 Å². The summed E-state index contributed by atoms with van der Waals surface area (Å²) >= 11 is 0. The number of nitrogens with zero attached hydrogens (tertiary/aromatic N) is 2. The molecule has 0 amide bonds. The van der Waals surface area contributed by atoms with Crippen molar-refractivity contribution >= 4 is 17.0 Å². The van der Waals surface area contributed by atoms with Gasteiger partial charge in [0.2, 0.25) is 11.8 Å². The number of hydrogen-bond acceptors (Lipinski definition) is 4. The van der Waals surface area contributed by atoms with Crippen molar-refractivity contribution < 1.29 is 4.42 Å². The minimum absolute atomic E-state index is 0.551. The first-order chi connectivity index (χ1) is 11.3. The Labute approximate surface area is 133 Å². The van der Waals surface area contributed by atoms with E-state index in [0.717, 1.165) is 28.2 Å². The molecule has 0 fully saturated rings. The summed E-state index contributed by atoms with van der Waals surface area (Å²) in [5, 5.41) is 3.24. The molecular formula is C18H16N4O. The maximum atomic E-state index is 5.56. The Bertz CT molecular complexity index is 904. The highest BCUT2D eigenvalue weighted by Gasteiger charge is 2.07. The van der Waals surface area contributed by atoms with Crippen LogP contribution in [-0.4, -0.2) is 15.0 Å². The number of aromatic amines is 1. The van der Waals surface area contributed by atoms with E-state index in [1.54, 1.807) is 6.26 Å². The fourth-order valence-corrected chi connectivity index (χ4v) is 2.43. The summed E-state index contributed by atoms with van der Waals surface area (Å²) in [6.07, 6.45) is 1.67. The highest BCUT2D eigenvalue weighted by Crippen LogP contribution is 2.20. The summed E-state index contributed by atoms with van der Waals surface area (Å²) in [6, 6.07) is 16.0. The molecule has 0 saturated carbocycles. The summed E-state index contributed by atoms with van der Waals surface area (Å²) in [5.74, 6) is 1.36. The number of hydrogen-bond donors (Lipinski definition) is 2. The maximum absolute atomic E-state index is 5.56. The second-order valence-electron chi connectivity index (χ2n) is 5.47. The van der Waals surface area contributed by atoms with Crippen molar-refractivity contribution in [2.45, 2.75) is 13.5 Å². The molecule has 2 N–H and O–H groups in total. The van der Waals surface area contributed by atoms with E-state index in [0.29, 0.717) is 12.4 Å². The third-order valence-electron chi connectivity index (χ3n) is 3.68. The number of para-hydroxylation sites is 2. The summed E-state index contributed by atoms with van der Waals surface area (Å²) in [7, 11) is 0. The Morgan fingerprint density at radius 2 is 1.87 bits per heavy atom. The van der Waals surface area contributed by atoms with Gasteiger partial charge in [0.25, 0.3) is 0 Å². The standard InChI is InChI=1S/C18H16N4O/c1-12-6-8-13(9-7-12)17-20-14(11-23-17)10-19-18-21-15-4-2-3-5-16(15)22-18/h2-9,11H,10H2,1H3,(H2,19,21,22). The van der Waals surface area contributed by atoms with Crippen molar-refractivity contribution in [3.63, 3.8) is 0 Å². The Hall–Kier alpha value is -3.08. The van der Waals surface area contributed by atoms with E-state index >= 15 is 0 Å². The van der Waals surface area contributed by atoms with Gasteiger partial charge in [-0.05, 0) is 31.2 Å². The molecule has 0 radical (unpaired) electrons. The van der Waals surface area contributed by atoms with E-state index < -0.39 is 0 Å². The van der Waals surface area contributed by atoms with Crippen LogP contribution < -0.4 is 5.32 Å². The molecule has 0 unspecified atom stereocenters. The Balaban J connectivity index is 1.48. The topological polar surface area (TPSA) is 66.7 Å².